The summed E-state index contributed by atoms with van der Waals surface area (Å²) in [5, 5.41) is 0. The van der Waals surface area contributed by atoms with E-state index in [1.165, 1.54) is 4.88 Å². The summed E-state index contributed by atoms with van der Waals surface area (Å²) in [5.74, 6) is -0.0261. The Morgan fingerprint density at radius 2 is 2.17 bits per heavy atom. The van der Waals surface area contributed by atoms with Crippen LogP contribution in [0.15, 0.2) is 36.9 Å². The molecule has 0 radical (unpaired) electrons. The van der Waals surface area contributed by atoms with Gasteiger partial charge in [0.05, 0.1) is 17.9 Å². The molecule has 4 aromatic heterocycles. The van der Waals surface area contributed by atoms with Gasteiger partial charge < -0.3 is 9.30 Å². The van der Waals surface area contributed by atoms with E-state index in [0.717, 1.165) is 22.0 Å². The number of fused-ring (bicyclic) bond motifs is 2. The van der Waals surface area contributed by atoms with Crippen molar-refractivity contribution < 1.29 is 4.79 Å². The molecule has 0 aromatic carbocycles. The highest BCUT2D eigenvalue weighted by Crippen LogP contribution is 2.22. The first-order chi connectivity index (χ1) is 11.5. The van der Waals surface area contributed by atoms with E-state index in [9.17, 15) is 4.79 Å². The SMILES string of the molecule is Cc1cn2c(CN(C)C(=O)c3ccn4ccnc4c3)c(C)nc2s1. The molecule has 0 saturated carbocycles. The van der Waals surface area contributed by atoms with Gasteiger partial charge >= 0.3 is 0 Å². The smallest absolute Gasteiger partial charge is 0.254 e. The summed E-state index contributed by atoms with van der Waals surface area (Å²) < 4.78 is 3.96. The maximum absolute atomic E-state index is 12.8. The molecule has 122 valence electrons. The molecule has 0 N–H and O–H groups in total. The van der Waals surface area contributed by atoms with Gasteiger partial charge in [-0.1, -0.05) is 0 Å². The molecule has 7 heteroatoms. The lowest BCUT2D eigenvalue weighted by Crippen LogP contribution is -2.27. The second kappa shape index (κ2) is 5.45. The highest BCUT2D eigenvalue weighted by molar-refractivity contribution is 7.17. The van der Waals surface area contributed by atoms with E-state index >= 15 is 0 Å². The lowest BCUT2D eigenvalue weighted by atomic mass is 10.2. The maximum atomic E-state index is 12.8. The Kier molecular flexibility index (Phi) is 3.38. The van der Waals surface area contributed by atoms with Crippen LogP contribution >= 0.6 is 11.3 Å². The number of thiazole rings is 1. The Labute approximate surface area is 143 Å². The Morgan fingerprint density at radius 1 is 1.33 bits per heavy atom. The Bertz CT molecular complexity index is 1060. The van der Waals surface area contributed by atoms with Crippen molar-refractivity contribution in [3.8, 4) is 0 Å². The lowest BCUT2D eigenvalue weighted by molar-refractivity contribution is 0.0783. The topological polar surface area (TPSA) is 54.9 Å². The van der Waals surface area contributed by atoms with E-state index in [-0.39, 0.29) is 5.91 Å². The van der Waals surface area contributed by atoms with Gasteiger partial charge in [0.25, 0.3) is 5.91 Å². The average molecular weight is 339 g/mol. The van der Waals surface area contributed by atoms with Crippen molar-refractivity contribution in [1.82, 2.24) is 23.7 Å². The number of carbonyl (C=O) groups is 1. The van der Waals surface area contributed by atoms with Gasteiger partial charge in [-0.15, -0.1) is 11.3 Å². The summed E-state index contributed by atoms with van der Waals surface area (Å²) in [6.45, 7) is 4.56. The molecule has 0 fully saturated rings. The molecule has 0 aliphatic carbocycles. The summed E-state index contributed by atoms with van der Waals surface area (Å²) >= 11 is 1.66. The molecule has 4 rings (SSSR count). The van der Waals surface area contributed by atoms with E-state index in [1.807, 2.05) is 42.9 Å². The summed E-state index contributed by atoms with van der Waals surface area (Å²) in [6.07, 6.45) is 7.51. The highest BCUT2D eigenvalue weighted by atomic mass is 32.1. The number of carbonyl (C=O) groups excluding carboxylic acids is 1. The molecule has 0 bridgehead atoms. The minimum Gasteiger partial charge on any atom is -0.336 e. The van der Waals surface area contributed by atoms with Crippen molar-refractivity contribution in [2.75, 3.05) is 7.05 Å². The molecule has 0 aliphatic heterocycles. The molecule has 4 aromatic rings. The number of hydrogen-bond acceptors (Lipinski definition) is 4. The van der Waals surface area contributed by atoms with E-state index in [4.69, 9.17) is 0 Å². The van der Waals surface area contributed by atoms with Crippen LogP contribution in [0, 0.1) is 13.8 Å². The molecule has 0 aliphatic rings. The third kappa shape index (κ3) is 2.37. The number of rotatable bonds is 3. The van der Waals surface area contributed by atoms with E-state index in [0.29, 0.717) is 12.1 Å². The molecule has 4 heterocycles. The molecule has 24 heavy (non-hydrogen) atoms. The van der Waals surface area contributed by atoms with Crippen molar-refractivity contribution in [2.24, 2.45) is 0 Å². The largest absolute Gasteiger partial charge is 0.336 e. The van der Waals surface area contributed by atoms with Gasteiger partial charge in [-0.05, 0) is 26.0 Å². The Hall–Kier alpha value is -2.67. The standard InChI is InChI=1S/C17H17N5OS/c1-11-9-22-14(12(2)19-17(22)24-11)10-20(3)16(23)13-4-6-21-7-5-18-15(21)8-13/h4-9H,10H2,1-3H3. The maximum Gasteiger partial charge on any atom is 0.254 e. The van der Waals surface area contributed by atoms with Crippen LogP contribution < -0.4 is 0 Å². The number of hydrogen-bond donors (Lipinski definition) is 0. The van der Waals surface area contributed by atoms with Gasteiger partial charge in [0.2, 0.25) is 0 Å². The molecule has 0 saturated heterocycles. The van der Waals surface area contributed by atoms with Gasteiger partial charge in [-0.25, -0.2) is 9.97 Å². The van der Waals surface area contributed by atoms with E-state index < -0.39 is 0 Å². The van der Waals surface area contributed by atoms with E-state index in [1.54, 1.807) is 22.4 Å². The molecule has 0 unspecified atom stereocenters. The summed E-state index contributed by atoms with van der Waals surface area (Å²) in [6, 6.07) is 3.63. The van der Waals surface area contributed by atoms with Crippen LogP contribution in [0.3, 0.4) is 0 Å². The van der Waals surface area contributed by atoms with Crippen molar-refractivity contribution >= 4 is 27.9 Å². The van der Waals surface area contributed by atoms with Crippen molar-refractivity contribution in [3.63, 3.8) is 0 Å². The first-order valence-electron chi connectivity index (χ1n) is 7.65. The van der Waals surface area contributed by atoms with Crippen molar-refractivity contribution in [1.29, 1.82) is 0 Å². The third-order valence-electron chi connectivity index (χ3n) is 4.12. The number of pyridine rings is 1. The summed E-state index contributed by atoms with van der Waals surface area (Å²) in [4.78, 5) is 25.5. The van der Waals surface area contributed by atoms with Crippen LogP contribution in [0.5, 0.6) is 0 Å². The minimum absolute atomic E-state index is 0.0261. The number of imidazole rings is 2. The van der Waals surface area contributed by atoms with Gasteiger partial charge in [0.1, 0.15) is 5.65 Å². The molecule has 1 amide bonds. The molecular weight excluding hydrogens is 322 g/mol. The Morgan fingerprint density at radius 3 is 3.00 bits per heavy atom. The minimum atomic E-state index is -0.0261. The van der Waals surface area contributed by atoms with Gasteiger partial charge in [-0.2, -0.15) is 0 Å². The van der Waals surface area contributed by atoms with E-state index in [2.05, 4.69) is 27.5 Å². The van der Waals surface area contributed by atoms with Crippen molar-refractivity contribution in [3.05, 3.63) is 58.7 Å². The number of aromatic nitrogens is 4. The van der Waals surface area contributed by atoms with Crippen molar-refractivity contribution in [2.45, 2.75) is 20.4 Å². The van der Waals surface area contributed by atoms with Crippen LogP contribution in [0.25, 0.3) is 10.6 Å². The monoisotopic (exact) mass is 339 g/mol. The van der Waals surface area contributed by atoms with Crippen LogP contribution in [-0.4, -0.2) is 36.6 Å². The fourth-order valence-corrected chi connectivity index (χ4v) is 3.75. The van der Waals surface area contributed by atoms with Gasteiger partial charge in [-0.3, -0.25) is 9.20 Å². The zero-order valence-corrected chi connectivity index (χ0v) is 14.5. The molecule has 0 atom stereocenters. The summed E-state index contributed by atoms with van der Waals surface area (Å²) in [7, 11) is 1.82. The Balaban J connectivity index is 1.63. The second-order valence-corrected chi connectivity index (χ2v) is 7.12. The quantitative estimate of drug-likeness (QED) is 0.577. The molecule has 0 spiro atoms. The van der Waals surface area contributed by atoms with Crippen LogP contribution in [-0.2, 0) is 6.54 Å². The van der Waals surface area contributed by atoms with Crippen LogP contribution in [0.2, 0.25) is 0 Å². The average Bonchev–Trinajstić information content (AvgIpc) is 3.22. The lowest BCUT2D eigenvalue weighted by Gasteiger charge is -2.17. The number of amides is 1. The van der Waals surface area contributed by atoms with Gasteiger partial charge in [0, 0.05) is 42.3 Å². The van der Waals surface area contributed by atoms with Gasteiger partial charge in [0.15, 0.2) is 4.96 Å². The molecule has 6 nitrogen and oxygen atoms in total. The number of nitrogens with zero attached hydrogens (tertiary/aromatic N) is 5. The molecular formula is C17H17N5OS. The fourth-order valence-electron chi connectivity index (χ4n) is 2.86. The highest BCUT2D eigenvalue weighted by Gasteiger charge is 2.17. The fraction of sp³-hybridized carbons (Fsp3) is 0.235. The zero-order chi connectivity index (χ0) is 16.8. The predicted molar refractivity (Wildman–Crippen MR) is 93.5 cm³/mol. The van der Waals surface area contributed by atoms with Crippen LogP contribution in [0.4, 0.5) is 0 Å². The zero-order valence-electron chi connectivity index (χ0n) is 13.7. The normalized spacial score (nSPS) is 11.5. The number of aryl methyl sites for hydroxylation is 2. The second-order valence-electron chi connectivity index (χ2n) is 5.91. The summed E-state index contributed by atoms with van der Waals surface area (Å²) in [5.41, 5.74) is 3.42. The predicted octanol–water partition coefficient (Wildman–Crippen LogP) is 2.93. The van der Waals surface area contributed by atoms with Crippen LogP contribution in [0.1, 0.15) is 26.6 Å². The first-order valence-corrected chi connectivity index (χ1v) is 8.47. The first kappa shape index (κ1) is 14.9. The third-order valence-corrected chi connectivity index (χ3v) is 5.02.